The van der Waals surface area contributed by atoms with Gasteiger partial charge in [-0.05, 0) is 66.9 Å². The number of aryl methyl sites for hydroxylation is 1. The van der Waals surface area contributed by atoms with E-state index >= 15 is 0 Å². The highest BCUT2D eigenvalue weighted by molar-refractivity contribution is 8.27. The Bertz CT molecular complexity index is 1330. The normalized spacial score (nSPS) is 17.3. The van der Waals surface area contributed by atoms with E-state index in [0.29, 0.717) is 15.9 Å². The van der Waals surface area contributed by atoms with E-state index in [1.165, 1.54) is 34.2 Å². The molecule has 0 saturated heterocycles. The lowest BCUT2D eigenvalue weighted by Gasteiger charge is -2.20. The van der Waals surface area contributed by atoms with E-state index in [1.54, 1.807) is 28.8 Å². The number of rotatable bonds is 3. The molecule has 0 spiro atoms. The van der Waals surface area contributed by atoms with Crippen LogP contribution < -0.4 is 0 Å². The molecule has 154 valence electrons. The summed E-state index contributed by atoms with van der Waals surface area (Å²) in [4.78, 5) is 17.8. The van der Waals surface area contributed by atoms with Crippen LogP contribution >= 0.6 is 23.1 Å². The fourth-order valence-electron chi connectivity index (χ4n) is 3.58. The van der Waals surface area contributed by atoms with Crippen LogP contribution in [0.25, 0.3) is 11.8 Å². The third-order valence-electron chi connectivity index (χ3n) is 5.05. The molecule has 1 amide bonds. The summed E-state index contributed by atoms with van der Waals surface area (Å²) >= 11 is 2.82. The van der Waals surface area contributed by atoms with Gasteiger partial charge in [0.2, 0.25) is 5.17 Å². The second-order valence-corrected chi connectivity index (χ2v) is 8.92. The van der Waals surface area contributed by atoms with Crippen molar-refractivity contribution in [3.63, 3.8) is 0 Å². The number of para-hydroxylation sites is 1. The number of hydrogen-bond acceptors (Lipinski definition) is 5. The molecule has 5 rings (SSSR count). The molecule has 31 heavy (non-hydrogen) atoms. The molecule has 2 aliphatic rings. The molecule has 6 nitrogen and oxygen atoms in total. The van der Waals surface area contributed by atoms with E-state index in [0.717, 1.165) is 21.8 Å². The molecule has 4 heterocycles. The lowest BCUT2D eigenvalue weighted by atomic mass is 10.1. The summed E-state index contributed by atoms with van der Waals surface area (Å²) in [6.07, 6.45) is 1.63. The van der Waals surface area contributed by atoms with Gasteiger partial charge < -0.3 is 4.57 Å². The average Bonchev–Trinajstić information content (AvgIpc) is 3.46. The lowest BCUT2D eigenvalue weighted by molar-refractivity contribution is -0.114. The number of amides is 1. The summed E-state index contributed by atoms with van der Waals surface area (Å²) in [6, 6.07) is 12.3. The number of halogens is 1. The van der Waals surface area contributed by atoms with Gasteiger partial charge in [-0.1, -0.05) is 18.2 Å². The highest BCUT2D eigenvalue weighted by Crippen LogP contribution is 2.33. The van der Waals surface area contributed by atoms with Crippen LogP contribution in [-0.2, 0) is 4.79 Å². The van der Waals surface area contributed by atoms with Gasteiger partial charge in [-0.3, -0.25) is 10.2 Å². The molecule has 2 aliphatic heterocycles. The summed E-state index contributed by atoms with van der Waals surface area (Å²) in [7, 11) is 0. The Labute approximate surface area is 185 Å². The Morgan fingerprint density at radius 2 is 1.97 bits per heavy atom. The molecule has 3 aromatic rings. The van der Waals surface area contributed by atoms with E-state index in [-0.39, 0.29) is 17.2 Å². The molecule has 9 heteroatoms. The minimum absolute atomic E-state index is 0.0234. The van der Waals surface area contributed by atoms with E-state index in [4.69, 9.17) is 5.41 Å². The zero-order valence-corrected chi connectivity index (χ0v) is 18.2. The first-order valence-corrected chi connectivity index (χ1v) is 11.1. The standard InChI is InChI=1S/C22H16FN5OS2/c1-12-10-14(13(2)27(12)17-7-4-3-6-16(17)23)11-15-19(24)28-22(25-20(15)29)31-21(26-28)18-8-5-9-30-18/h3-11,24H,1-2H3. The van der Waals surface area contributed by atoms with Crippen LogP contribution in [0.3, 0.4) is 0 Å². The number of carbonyl (C=O) groups excluding carboxylic acids is 1. The van der Waals surface area contributed by atoms with Gasteiger partial charge in [-0.2, -0.15) is 15.1 Å². The Balaban J connectivity index is 1.54. The van der Waals surface area contributed by atoms with E-state index < -0.39 is 5.91 Å². The van der Waals surface area contributed by atoms with Crippen LogP contribution in [0.1, 0.15) is 21.8 Å². The van der Waals surface area contributed by atoms with Gasteiger partial charge in [0.1, 0.15) is 10.9 Å². The Hall–Kier alpha value is -3.30. The maximum absolute atomic E-state index is 14.4. The smallest absolute Gasteiger partial charge is 0.283 e. The molecule has 0 radical (unpaired) electrons. The first-order valence-electron chi connectivity index (χ1n) is 9.42. The molecule has 0 atom stereocenters. The SMILES string of the molecule is Cc1cc(C=C2C(=N)N3N=C(c4cccs4)SC3=NC2=O)c(C)n1-c1ccccc1F. The maximum Gasteiger partial charge on any atom is 0.283 e. The molecule has 0 aliphatic carbocycles. The lowest BCUT2D eigenvalue weighted by Crippen LogP contribution is -2.35. The van der Waals surface area contributed by atoms with E-state index in [2.05, 4.69) is 10.1 Å². The molecule has 1 N–H and O–H groups in total. The molecule has 2 aromatic heterocycles. The van der Waals surface area contributed by atoms with Crippen molar-refractivity contribution in [3.8, 4) is 5.69 Å². The second kappa shape index (κ2) is 7.44. The molecular formula is C22H16FN5OS2. The van der Waals surface area contributed by atoms with Gasteiger partial charge >= 0.3 is 0 Å². The number of aromatic nitrogens is 1. The first-order chi connectivity index (χ1) is 14.9. The second-order valence-electron chi connectivity index (χ2n) is 7.02. The minimum Gasteiger partial charge on any atom is -0.315 e. The Kier molecular flexibility index (Phi) is 4.71. The number of hydrazone groups is 1. The van der Waals surface area contributed by atoms with Crippen molar-refractivity contribution in [2.45, 2.75) is 13.8 Å². The molecule has 1 aromatic carbocycles. The molecular weight excluding hydrogens is 433 g/mol. The van der Waals surface area contributed by atoms with Gasteiger partial charge in [-0.25, -0.2) is 4.39 Å². The van der Waals surface area contributed by atoms with Crippen molar-refractivity contribution in [2.24, 2.45) is 10.1 Å². The monoisotopic (exact) mass is 449 g/mol. The third kappa shape index (κ3) is 3.26. The van der Waals surface area contributed by atoms with Gasteiger partial charge in [-0.15, -0.1) is 11.3 Å². The van der Waals surface area contributed by atoms with Gasteiger partial charge in [0, 0.05) is 11.4 Å². The summed E-state index contributed by atoms with van der Waals surface area (Å²) in [5.41, 5.74) is 2.90. The van der Waals surface area contributed by atoms with Crippen molar-refractivity contribution < 1.29 is 9.18 Å². The molecule has 0 fully saturated rings. The summed E-state index contributed by atoms with van der Waals surface area (Å²) < 4.78 is 16.2. The molecule has 0 unspecified atom stereocenters. The fraction of sp³-hybridized carbons (Fsp3) is 0.0909. The Morgan fingerprint density at radius 3 is 2.71 bits per heavy atom. The molecule has 0 saturated carbocycles. The van der Waals surface area contributed by atoms with Gasteiger partial charge in [0.15, 0.2) is 5.84 Å². The van der Waals surface area contributed by atoms with Gasteiger partial charge in [0.25, 0.3) is 5.91 Å². The zero-order valence-electron chi connectivity index (χ0n) is 16.6. The number of thiophene rings is 1. The van der Waals surface area contributed by atoms with Crippen LogP contribution in [0, 0.1) is 25.1 Å². The topological polar surface area (TPSA) is 73.8 Å². The largest absolute Gasteiger partial charge is 0.315 e. The zero-order chi connectivity index (χ0) is 21.7. The first kappa shape index (κ1) is 19.7. The van der Waals surface area contributed by atoms with Crippen molar-refractivity contribution in [2.75, 3.05) is 0 Å². The predicted octanol–water partition coefficient (Wildman–Crippen LogP) is 4.96. The molecule has 0 bridgehead atoms. The van der Waals surface area contributed by atoms with E-state index in [1.807, 2.05) is 37.4 Å². The number of carbonyl (C=O) groups is 1. The minimum atomic E-state index is -0.484. The van der Waals surface area contributed by atoms with Crippen LogP contribution in [-0.4, -0.2) is 31.5 Å². The number of fused-ring (bicyclic) bond motifs is 1. The summed E-state index contributed by atoms with van der Waals surface area (Å²) in [6.45, 7) is 3.73. The van der Waals surface area contributed by atoms with Crippen LogP contribution in [0.4, 0.5) is 4.39 Å². The third-order valence-corrected chi connectivity index (χ3v) is 7.00. The highest BCUT2D eigenvalue weighted by atomic mass is 32.2. The number of nitrogens with zero attached hydrogens (tertiary/aromatic N) is 4. The Morgan fingerprint density at radius 1 is 1.16 bits per heavy atom. The van der Waals surface area contributed by atoms with Crippen LogP contribution in [0.5, 0.6) is 0 Å². The number of hydrogen-bond donors (Lipinski definition) is 1. The van der Waals surface area contributed by atoms with Crippen molar-refractivity contribution in [3.05, 3.63) is 81.1 Å². The van der Waals surface area contributed by atoms with Gasteiger partial charge in [0.05, 0.1) is 16.1 Å². The quantitative estimate of drug-likeness (QED) is 0.574. The number of aliphatic imine (C=N–C) groups is 1. The van der Waals surface area contributed by atoms with Crippen LogP contribution in [0.15, 0.2) is 63.5 Å². The van der Waals surface area contributed by atoms with E-state index in [9.17, 15) is 9.18 Å². The highest BCUT2D eigenvalue weighted by Gasteiger charge is 2.36. The summed E-state index contributed by atoms with van der Waals surface area (Å²) in [5, 5.41) is 17.5. The number of amidine groups is 2. The van der Waals surface area contributed by atoms with Crippen molar-refractivity contribution >= 4 is 51.1 Å². The van der Waals surface area contributed by atoms with Crippen LogP contribution in [0.2, 0.25) is 0 Å². The number of thioether (sulfide) groups is 1. The average molecular weight is 450 g/mol. The number of benzene rings is 1. The predicted molar refractivity (Wildman–Crippen MR) is 124 cm³/mol. The number of nitrogens with one attached hydrogen (secondary N) is 1. The maximum atomic E-state index is 14.4. The van der Waals surface area contributed by atoms with Crippen molar-refractivity contribution in [1.29, 1.82) is 5.41 Å². The fourth-order valence-corrected chi connectivity index (χ4v) is 5.27. The van der Waals surface area contributed by atoms with Crippen molar-refractivity contribution in [1.82, 2.24) is 9.58 Å². The summed E-state index contributed by atoms with van der Waals surface area (Å²) in [5.74, 6) is -0.837.